The number of rotatable bonds is 1. The summed E-state index contributed by atoms with van der Waals surface area (Å²) in [7, 11) is 2.20. The van der Waals surface area contributed by atoms with E-state index in [9.17, 15) is 0 Å². The van der Waals surface area contributed by atoms with Crippen LogP contribution in [-0.4, -0.2) is 13.2 Å². The van der Waals surface area contributed by atoms with E-state index in [2.05, 4.69) is 91.4 Å². The number of para-hydroxylation sites is 1. The molecule has 0 unspecified atom stereocenters. The largest absolute Gasteiger partial charge is 0.352 e. The van der Waals surface area contributed by atoms with Gasteiger partial charge in [-0.3, -0.25) is 0 Å². The third kappa shape index (κ3) is 1.91. The Bertz CT molecular complexity index is 989. The van der Waals surface area contributed by atoms with Crippen LogP contribution in [0.4, 0.5) is 17.1 Å². The van der Waals surface area contributed by atoms with Gasteiger partial charge in [0.2, 0.25) is 0 Å². The maximum atomic E-state index is 2.52. The Morgan fingerprint density at radius 3 is 2.44 bits per heavy atom. The lowest BCUT2D eigenvalue weighted by atomic mass is 10.0. The fourth-order valence-electron chi connectivity index (χ4n) is 4.44. The van der Waals surface area contributed by atoms with E-state index in [1.165, 1.54) is 44.9 Å². The van der Waals surface area contributed by atoms with Crippen LogP contribution in [0.15, 0.2) is 60.7 Å². The molecule has 1 aliphatic heterocycles. The van der Waals surface area contributed by atoms with Crippen LogP contribution < -0.4 is 9.80 Å². The van der Waals surface area contributed by atoms with Gasteiger partial charge in [0.15, 0.2) is 0 Å². The van der Waals surface area contributed by atoms with E-state index < -0.39 is 0 Å². The topological polar surface area (TPSA) is 6.48 Å². The molecule has 0 fully saturated rings. The number of benzene rings is 3. The Morgan fingerprint density at radius 2 is 1.60 bits per heavy atom. The van der Waals surface area contributed by atoms with Crippen LogP contribution in [-0.2, 0) is 6.42 Å². The van der Waals surface area contributed by atoms with E-state index in [-0.39, 0.29) is 0 Å². The van der Waals surface area contributed by atoms with Crippen molar-refractivity contribution in [3.05, 3.63) is 77.4 Å². The molecule has 0 saturated heterocycles. The average molecular weight is 326 g/mol. The van der Waals surface area contributed by atoms with Crippen molar-refractivity contribution in [2.24, 2.45) is 0 Å². The molecule has 0 N–H and O–H groups in total. The Morgan fingerprint density at radius 1 is 0.840 bits per heavy atom. The molecule has 0 saturated carbocycles. The minimum absolute atomic E-state index is 0.301. The Balaban J connectivity index is 1.81. The number of aryl methyl sites for hydroxylation is 1. The Kier molecular flexibility index (Phi) is 2.99. The first-order valence-corrected chi connectivity index (χ1v) is 8.98. The predicted molar refractivity (Wildman–Crippen MR) is 106 cm³/mol. The highest BCUT2D eigenvalue weighted by molar-refractivity contribution is 5.99. The molecular formula is C23H22N2. The van der Waals surface area contributed by atoms with Gasteiger partial charge in [0.05, 0.1) is 11.4 Å². The fraction of sp³-hybridized carbons (Fsp3) is 0.217. The van der Waals surface area contributed by atoms with Crippen molar-refractivity contribution in [2.75, 3.05) is 16.8 Å². The Labute approximate surface area is 149 Å². The molecule has 0 aromatic heterocycles. The van der Waals surface area contributed by atoms with Crippen LogP contribution >= 0.6 is 0 Å². The zero-order valence-corrected chi connectivity index (χ0v) is 15.0. The van der Waals surface area contributed by atoms with Gasteiger partial charge >= 0.3 is 0 Å². The van der Waals surface area contributed by atoms with Crippen LogP contribution in [0.25, 0.3) is 11.1 Å². The molecule has 2 nitrogen and oxygen atoms in total. The molecule has 2 aliphatic rings. The normalized spacial score (nSPS) is 17.5. The molecule has 0 spiro atoms. The molecule has 1 heterocycles. The smallest absolute Gasteiger partial charge is 0.103 e. The van der Waals surface area contributed by atoms with Crippen molar-refractivity contribution >= 4 is 17.1 Å². The number of hydrogen-bond donors (Lipinski definition) is 0. The molecule has 3 aromatic rings. The zero-order valence-electron chi connectivity index (χ0n) is 15.0. The van der Waals surface area contributed by atoms with Crippen molar-refractivity contribution in [3.8, 4) is 11.1 Å². The number of fused-ring (bicyclic) bond motifs is 5. The quantitative estimate of drug-likeness (QED) is 0.456. The SMILES string of the molecule is Cc1ccccc1N1c2c(ccc3c2-c2ccccc2C3)N(C)[C@@H]1C. The first kappa shape index (κ1) is 14.6. The van der Waals surface area contributed by atoms with Crippen LogP contribution in [0.3, 0.4) is 0 Å². The minimum Gasteiger partial charge on any atom is -0.352 e. The van der Waals surface area contributed by atoms with Gasteiger partial charge in [0.25, 0.3) is 0 Å². The van der Waals surface area contributed by atoms with E-state index in [1.54, 1.807) is 0 Å². The van der Waals surface area contributed by atoms with Gasteiger partial charge in [0.1, 0.15) is 6.17 Å². The number of nitrogens with zero attached hydrogens (tertiary/aromatic N) is 2. The van der Waals surface area contributed by atoms with Crippen LogP contribution in [0.5, 0.6) is 0 Å². The summed E-state index contributed by atoms with van der Waals surface area (Å²) < 4.78 is 0. The third-order valence-corrected chi connectivity index (χ3v) is 5.84. The van der Waals surface area contributed by atoms with Gasteiger partial charge in [-0.2, -0.15) is 0 Å². The van der Waals surface area contributed by atoms with Gasteiger partial charge in [-0.1, -0.05) is 48.5 Å². The summed E-state index contributed by atoms with van der Waals surface area (Å²) in [5.74, 6) is 0. The first-order chi connectivity index (χ1) is 12.2. The van der Waals surface area contributed by atoms with Crippen LogP contribution in [0, 0.1) is 6.92 Å². The summed E-state index contributed by atoms with van der Waals surface area (Å²) in [6, 6.07) is 22.2. The second-order valence-electron chi connectivity index (χ2n) is 7.20. The minimum atomic E-state index is 0.301. The summed E-state index contributed by atoms with van der Waals surface area (Å²) in [4.78, 5) is 4.91. The van der Waals surface area contributed by atoms with Gasteiger partial charge in [-0.25, -0.2) is 0 Å². The van der Waals surface area contributed by atoms with Crippen molar-refractivity contribution in [3.63, 3.8) is 0 Å². The number of hydrogen-bond acceptors (Lipinski definition) is 2. The summed E-state index contributed by atoms with van der Waals surface area (Å²) >= 11 is 0. The van der Waals surface area contributed by atoms with Gasteiger partial charge in [0, 0.05) is 18.3 Å². The number of anilines is 3. The first-order valence-electron chi connectivity index (χ1n) is 8.98. The van der Waals surface area contributed by atoms with Crippen LogP contribution in [0.1, 0.15) is 23.6 Å². The maximum absolute atomic E-state index is 2.52. The van der Waals surface area contributed by atoms with Crippen molar-refractivity contribution in [1.82, 2.24) is 0 Å². The van der Waals surface area contributed by atoms with E-state index >= 15 is 0 Å². The second kappa shape index (κ2) is 5.13. The van der Waals surface area contributed by atoms with Gasteiger partial charge in [-0.05, 0) is 54.7 Å². The van der Waals surface area contributed by atoms with E-state index in [0.717, 1.165) is 6.42 Å². The standard InChI is InChI=1S/C23H22N2/c1-15-8-4-7-11-20(15)25-16(2)24(3)21-13-12-18-14-17-9-5-6-10-19(17)22(18)23(21)25/h4-13,16H,14H2,1-3H3/t16-/m0/s1. The molecule has 1 aliphatic carbocycles. The Hall–Kier alpha value is -2.74. The van der Waals surface area contributed by atoms with Gasteiger partial charge in [-0.15, -0.1) is 0 Å². The molecule has 124 valence electrons. The summed E-state index contributed by atoms with van der Waals surface area (Å²) in [5.41, 5.74) is 11.0. The monoisotopic (exact) mass is 326 g/mol. The maximum Gasteiger partial charge on any atom is 0.103 e. The summed E-state index contributed by atoms with van der Waals surface area (Å²) in [6.07, 6.45) is 1.34. The third-order valence-electron chi connectivity index (χ3n) is 5.84. The van der Waals surface area contributed by atoms with E-state index in [0.29, 0.717) is 6.17 Å². The molecule has 0 amide bonds. The van der Waals surface area contributed by atoms with Crippen molar-refractivity contribution in [2.45, 2.75) is 26.4 Å². The van der Waals surface area contributed by atoms with Crippen LogP contribution in [0.2, 0.25) is 0 Å². The van der Waals surface area contributed by atoms with Gasteiger partial charge < -0.3 is 9.80 Å². The molecule has 2 heteroatoms. The molecule has 0 radical (unpaired) electrons. The van der Waals surface area contributed by atoms with E-state index in [1.807, 2.05) is 0 Å². The molecule has 5 rings (SSSR count). The predicted octanol–water partition coefficient (Wildman–Crippen LogP) is 5.50. The summed E-state index contributed by atoms with van der Waals surface area (Å²) in [6.45, 7) is 4.50. The molecule has 1 atom stereocenters. The lowest BCUT2D eigenvalue weighted by Crippen LogP contribution is -2.36. The highest BCUT2D eigenvalue weighted by atomic mass is 15.4. The van der Waals surface area contributed by atoms with E-state index in [4.69, 9.17) is 0 Å². The average Bonchev–Trinajstić information content (AvgIpc) is 3.12. The fourth-order valence-corrected chi connectivity index (χ4v) is 4.44. The summed E-state index contributed by atoms with van der Waals surface area (Å²) in [5, 5.41) is 0. The second-order valence-corrected chi connectivity index (χ2v) is 7.20. The molecular weight excluding hydrogens is 304 g/mol. The highest BCUT2D eigenvalue weighted by Crippen LogP contribution is 2.53. The van der Waals surface area contributed by atoms with Crippen molar-refractivity contribution in [1.29, 1.82) is 0 Å². The lowest BCUT2D eigenvalue weighted by molar-refractivity contribution is 0.733. The molecule has 3 aromatic carbocycles. The molecule has 0 bridgehead atoms. The lowest BCUT2D eigenvalue weighted by Gasteiger charge is -2.29. The zero-order chi connectivity index (χ0) is 17.1. The highest BCUT2D eigenvalue weighted by Gasteiger charge is 2.37. The van der Waals surface area contributed by atoms with Crippen molar-refractivity contribution < 1.29 is 0 Å². The molecule has 25 heavy (non-hydrogen) atoms.